The van der Waals surface area contributed by atoms with Gasteiger partial charge in [-0.3, -0.25) is 4.79 Å². The SMILES string of the molecule is CC1CN(C(=O)NCc2ccc(Cl)cc2)CC1C(=O)O. The Hall–Kier alpha value is -1.75. The highest BCUT2D eigenvalue weighted by Crippen LogP contribution is 2.23. The Bertz CT molecular complexity index is 504. The molecule has 0 aromatic heterocycles. The van der Waals surface area contributed by atoms with Crippen LogP contribution in [-0.4, -0.2) is 35.1 Å². The van der Waals surface area contributed by atoms with E-state index in [1.54, 1.807) is 17.0 Å². The molecule has 1 heterocycles. The fourth-order valence-corrected chi connectivity index (χ4v) is 2.47. The smallest absolute Gasteiger partial charge is 0.317 e. The van der Waals surface area contributed by atoms with E-state index in [9.17, 15) is 9.59 Å². The lowest BCUT2D eigenvalue weighted by atomic mass is 9.99. The van der Waals surface area contributed by atoms with E-state index in [1.807, 2.05) is 19.1 Å². The predicted octanol–water partition coefficient (Wildman–Crippen LogP) is 2.20. The standard InChI is InChI=1S/C14H17ClN2O3/c1-9-7-17(8-12(9)13(18)19)14(20)16-6-10-2-4-11(15)5-3-10/h2-5,9,12H,6-8H2,1H3,(H,16,20)(H,18,19). The number of nitrogens with one attached hydrogen (secondary N) is 1. The van der Waals surface area contributed by atoms with Crippen LogP contribution >= 0.6 is 11.6 Å². The molecule has 0 spiro atoms. The molecule has 1 aliphatic heterocycles. The summed E-state index contributed by atoms with van der Waals surface area (Å²) >= 11 is 5.79. The van der Waals surface area contributed by atoms with Gasteiger partial charge in [-0.1, -0.05) is 30.7 Å². The zero-order valence-corrected chi connectivity index (χ0v) is 11.9. The summed E-state index contributed by atoms with van der Waals surface area (Å²) in [5.74, 6) is -1.34. The van der Waals surface area contributed by atoms with Crippen LogP contribution < -0.4 is 5.32 Å². The first-order valence-corrected chi connectivity index (χ1v) is 6.85. The Morgan fingerprint density at radius 3 is 2.55 bits per heavy atom. The van der Waals surface area contributed by atoms with Gasteiger partial charge in [0, 0.05) is 24.7 Å². The Morgan fingerprint density at radius 2 is 2.00 bits per heavy atom. The van der Waals surface area contributed by atoms with E-state index in [-0.39, 0.29) is 18.5 Å². The maximum absolute atomic E-state index is 12.0. The average Bonchev–Trinajstić information content (AvgIpc) is 2.80. The first kappa shape index (κ1) is 14.7. The average molecular weight is 297 g/mol. The molecule has 2 unspecified atom stereocenters. The summed E-state index contributed by atoms with van der Waals surface area (Å²) < 4.78 is 0. The van der Waals surface area contributed by atoms with Crippen LogP contribution in [0.2, 0.25) is 5.02 Å². The second kappa shape index (κ2) is 6.13. The van der Waals surface area contributed by atoms with E-state index in [1.165, 1.54) is 0 Å². The summed E-state index contributed by atoms with van der Waals surface area (Å²) in [5, 5.41) is 12.5. The number of carbonyl (C=O) groups is 2. The van der Waals surface area contributed by atoms with Crippen molar-refractivity contribution in [2.24, 2.45) is 11.8 Å². The van der Waals surface area contributed by atoms with Crippen molar-refractivity contribution < 1.29 is 14.7 Å². The van der Waals surface area contributed by atoms with Gasteiger partial charge in [-0.2, -0.15) is 0 Å². The largest absolute Gasteiger partial charge is 0.481 e. The molecule has 6 heteroatoms. The summed E-state index contributed by atoms with van der Waals surface area (Å²) in [4.78, 5) is 24.6. The third-order valence-corrected chi connectivity index (χ3v) is 3.83. The number of urea groups is 1. The molecule has 0 saturated carbocycles. The van der Waals surface area contributed by atoms with E-state index >= 15 is 0 Å². The molecule has 1 aliphatic rings. The van der Waals surface area contributed by atoms with Crippen molar-refractivity contribution in [3.63, 3.8) is 0 Å². The second-order valence-corrected chi connectivity index (χ2v) is 5.55. The van der Waals surface area contributed by atoms with Gasteiger partial charge < -0.3 is 15.3 Å². The Morgan fingerprint density at radius 1 is 1.35 bits per heavy atom. The molecule has 0 aliphatic carbocycles. The van der Waals surface area contributed by atoms with Crippen molar-refractivity contribution >= 4 is 23.6 Å². The van der Waals surface area contributed by atoms with Crippen molar-refractivity contribution in [1.29, 1.82) is 0 Å². The van der Waals surface area contributed by atoms with Crippen LogP contribution in [0.25, 0.3) is 0 Å². The van der Waals surface area contributed by atoms with Crippen LogP contribution in [0.15, 0.2) is 24.3 Å². The molecular formula is C14H17ClN2O3. The number of nitrogens with zero attached hydrogens (tertiary/aromatic N) is 1. The lowest BCUT2D eigenvalue weighted by molar-refractivity contribution is -0.142. The van der Waals surface area contributed by atoms with Gasteiger partial charge in [-0.05, 0) is 23.6 Å². The molecule has 2 N–H and O–H groups in total. The number of amides is 2. The summed E-state index contributed by atoms with van der Waals surface area (Å²) in [6.45, 7) is 3.00. The Kier molecular flexibility index (Phi) is 4.49. The number of halogens is 1. The first-order chi connectivity index (χ1) is 9.47. The molecule has 2 amide bonds. The van der Waals surface area contributed by atoms with E-state index in [2.05, 4.69) is 5.32 Å². The fraction of sp³-hybridized carbons (Fsp3) is 0.429. The van der Waals surface area contributed by atoms with Crippen LogP contribution in [0.3, 0.4) is 0 Å². The fourth-order valence-electron chi connectivity index (χ4n) is 2.35. The summed E-state index contributed by atoms with van der Waals surface area (Å²) in [6.07, 6.45) is 0. The summed E-state index contributed by atoms with van der Waals surface area (Å²) in [6, 6.07) is 6.99. The number of benzene rings is 1. The Balaban J connectivity index is 1.87. The minimum absolute atomic E-state index is 0.0196. The number of hydrogen-bond donors (Lipinski definition) is 2. The monoisotopic (exact) mass is 296 g/mol. The molecule has 1 aromatic carbocycles. The maximum atomic E-state index is 12.0. The topological polar surface area (TPSA) is 69.6 Å². The quantitative estimate of drug-likeness (QED) is 0.898. The molecule has 0 bridgehead atoms. The number of hydrogen-bond acceptors (Lipinski definition) is 2. The predicted molar refractivity (Wildman–Crippen MR) is 75.6 cm³/mol. The molecule has 108 valence electrons. The third-order valence-electron chi connectivity index (χ3n) is 3.57. The number of aliphatic carboxylic acids is 1. The summed E-state index contributed by atoms with van der Waals surface area (Å²) in [5.41, 5.74) is 0.949. The molecule has 2 atom stereocenters. The van der Waals surface area contributed by atoms with Crippen LogP contribution in [0, 0.1) is 11.8 Å². The normalized spacial score (nSPS) is 21.8. The molecule has 1 aromatic rings. The van der Waals surface area contributed by atoms with Crippen molar-refractivity contribution in [1.82, 2.24) is 10.2 Å². The van der Waals surface area contributed by atoms with Gasteiger partial charge in [0.2, 0.25) is 0 Å². The molecule has 20 heavy (non-hydrogen) atoms. The van der Waals surface area contributed by atoms with Crippen molar-refractivity contribution in [3.05, 3.63) is 34.9 Å². The minimum atomic E-state index is -0.842. The summed E-state index contributed by atoms with van der Waals surface area (Å²) in [7, 11) is 0. The highest BCUT2D eigenvalue weighted by Gasteiger charge is 2.36. The zero-order valence-electron chi connectivity index (χ0n) is 11.2. The van der Waals surface area contributed by atoms with Crippen LogP contribution in [0.4, 0.5) is 4.79 Å². The Labute approximate surface area is 122 Å². The van der Waals surface area contributed by atoms with Gasteiger partial charge in [-0.15, -0.1) is 0 Å². The molecule has 2 rings (SSSR count). The second-order valence-electron chi connectivity index (χ2n) is 5.11. The molecular weight excluding hydrogens is 280 g/mol. The van der Waals surface area contributed by atoms with E-state index in [0.717, 1.165) is 5.56 Å². The minimum Gasteiger partial charge on any atom is -0.481 e. The van der Waals surface area contributed by atoms with Crippen molar-refractivity contribution in [3.8, 4) is 0 Å². The van der Waals surface area contributed by atoms with Gasteiger partial charge >= 0.3 is 12.0 Å². The highest BCUT2D eigenvalue weighted by molar-refractivity contribution is 6.30. The highest BCUT2D eigenvalue weighted by atomic mass is 35.5. The van der Waals surface area contributed by atoms with Gasteiger partial charge in [0.15, 0.2) is 0 Å². The van der Waals surface area contributed by atoms with Crippen molar-refractivity contribution in [2.75, 3.05) is 13.1 Å². The van der Waals surface area contributed by atoms with Gasteiger partial charge in [0.1, 0.15) is 0 Å². The zero-order chi connectivity index (χ0) is 14.7. The number of rotatable bonds is 3. The number of likely N-dealkylation sites (tertiary alicyclic amines) is 1. The maximum Gasteiger partial charge on any atom is 0.317 e. The van der Waals surface area contributed by atoms with Crippen molar-refractivity contribution in [2.45, 2.75) is 13.5 Å². The van der Waals surface area contributed by atoms with Gasteiger partial charge in [0.25, 0.3) is 0 Å². The molecule has 1 fully saturated rings. The van der Waals surface area contributed by atoms with Crippen LogP contribution in [0.1, 0.15) is 12.5 Å². The lowest BCUT2D eigenvalue weighted by Gasteiger charge is -2.16. The molecule has 5 nitrogen and oxygen atoms in total. The lowest BCUT2D eigenvalue weighted by Crippen LogP contribution is -2.38. The van der Waals surface area contributed by atoms with Crippen LogP contribution in [0.5, 0.6) is 0 Å². The van der Waals surface area contributed by atoms with E-state index < -0.39 is 11.9 Å². The first-order valence-electron chi connectivity index (χ1n) is 6.47. The number of carboxylic acid groups (broad SMARTS) is 1. The van der Waals surface area contributed by atoms with E-state index in [0.29, 0.717) is 18.1 Å². The van der Waals surface area contributed by atoms with E-state index in [4.69, 9.17) is 16.7 Å². The van der Waals surface area contributed by atoms with Gasteiger partial charge in [0.05, 0.1) is 5.92 Å². The van der Waals surface area contributed by atoms with Gasteiger partial charge in [-0.25, -0.2) is 4.79 Å². The third kappa shape index (κ3) is 3.42. The number of carboxylic acids is 1. The van der Waals surface area contributed by atoms with Crippen LogP contribution in [-0.2, 0) is 11.3 Å². The molecule has 1 saturated heterocycles. The number of carbonyl (C=O) groups excluding carboxylic acids is 1. The molecule has 0 radical (unpaired) electrons.